The van der Waals surface area contributed by atoms with Crippen LogP contribution in [0.5, 0.6) is 0 Å². The summed E-state index contributed by atoms with van der Waals surface area (Å²) in [5.74, 6) is 0. The van der Waals surface area contributed by atoms with Gasteiger partial charge in [-0.15, -0.1) is 0 Å². The van der Waals surface area contributed by atoms with Gasteiger partial charge < -0.3 is 0 Å². The van der Waals surface area contributed by atoms with E-state index in [1.807, 2.05) is 0 Å². The van der Waals surface area contributed by atoms with E-state index >= 15 is 0 Å². The molecule has 0 bridgehead atoms. The molecule has 0 atom stereocenters. The number of rotatable bonds is 3. The lowest BCUT2D eigenvalue weighted by Crippen LogP contribution is -2.13. The Kier molecular flexibility index (Phi) is 3.47. The van der Waals surface area contributed by atoms with Gasteiger partial charge in [0.15, 0.2) is 0 Å². The lowest BCUT2D eigenvalue weighted by molar-refractivity contribution is 0.580. The van der Waals surface area contributed by atoms with Gasteiger partial charge in [0.05, 0.1) is 14.1 Å². The molecule has 58 valence electrons. The maximum atomic E-state index is 10.5. The van der Waals surface area contributed by atoms with Crippen LogP contribution in [-0.4, -0.2) is 22.5 Å². The van der Waals surface area contributed by atoms with Gasteiger partial charge in [-0.25, -0.2) is 0 Å². The molecule has 0 unspecified atom stereocenters. The van der Waals surface area contributed by atoms with Crippen LogP contribution in [-0.2, 0) is 10.2 Å². The first-order valence-corrected chi connectivity index (χ1v) is 3.68. The van der Waals surface area contributed by atoms with Gasteiger partial charge >= 0.3 is 10.2 Å². The van der Waals surface area contributed by atoms with E-state index in [2.05, 4.69) is 20.0 Å². The second-order valence-corrected chi connectivity index (χ2v) is 2.44. The van der Waals surface area contributed by atoms with Crippen molar-refractivity contribution >= 4 is 10.2 Å². The van der Waals surface area contributed by atoms with Gasteiger partial charge in [0.1, 0.15) is 0 Å². The minimum atomic E-state index is -3.75. The summed E-state index contributed by atoms with van der Waals surface area (Å²) in [6, 6.07) is 0. The first-order valence-electron chi connectivity index (χ1n) is 2.24. The molecular formula is C2H7N5O2S. The zero-order chi connectivity index (χ0) is 8.04. The van der Waals surface area contributed by atoms with Crippen molar-refractivity contribution in [3.63, 3.8) is 0 Å². The van der Waals surface area contributed by atoms with Crippen molar-refractivity contribution in [3.8, 4) is 0 Å². The Labute approximate surface area is 58.4 Å². The van der Waals surface area contributed by atoms with Crippen molar-refractivity contribution in [2.45, 2.75) is 0 Å². The van der Waals surface area contributed by atoms with E-state index < -0.39 is 10.2 Å². The normalized spacial score (nSPS) is 13.0. The summed E-state index contributed by atoms with van der Waals surface area (Å²) in [7, 11) is -1.18. The largest absolute Gasteiger partial charge is 0.375 e. The SMILES string of the molecule is CN=NNS(=O)(=O)N=NC. The maximum Gasteiger partial charge on any atom is 0.375 e. The molecule has 10 heavy (non-hydrogen) atoms. The molecule has 0 saturated carbocycles. The van der Waals surface area contributed by atoms with Crippen molar-refractivity contribution in [1.82, 2.24) is 4.83 Å². The monoisotopic (exact) mass is 165 g/mol. The summed E-state index contributed by atoms with van der Waals surface area (Å²) >= 11 is 0. The van der Waals surface area contributed by atoms with Gasteiger partial charge in [0.2, 0.25) is 0 Å². The molecule has 0 spiro atoms. The predicted octanol–water partition coefficient (Wildman–Crippen LogP) is -0.100. The third-order valence-corrected chi connectivity index (χ3v) is 1.14. The first-order chi connectivity index (χ1) is 4.62. The van der Waals surface area contributed by atoms with Gasteiger partial charge in [-0.05, 0) is 4.52 Å². The zero-order valence-electron chi connectivity index (χ0n) is 5.51. The van der Waals surface area contributed by atoms with Crippen LogP contribution in [0.15, 0.2) is 20.0 Å². The molecular weight excluding hydrogens is 158 g/mol. The summed E-state index contributed by atoms with van der Waals surface area (Å²) in [6.07, 6.45) is 0. The van der Waals surface area contributed by atoms with E-state index in [0.29, 0.717) is 0 Å². The Hall–Kier alpha value is -1.05. The Morgan fingerprint density at radius 3 is 2.20 bits per heavy atom. The van der Waals surface area contributed by atoms with Crippen molar-refractivity contribution in [3.05, 3.63) is 0 Å². The summed E-state index contributed by atoms with van der Waals surface area (Å²) < 4.78 is 23.8. The number of nitrogens with zero attached hydrogens (tertiary/aromatic N) is 4. The molecule has 0 aromatic carbocycles. The summed E-state index contributed by atoms with van der Waals surface area (Å²) in [6.45, 7) is 0. The van der Waals surface area contributed by atoms with Gasteiger partial charge in [-0.1, -0.05) is 5.22 Å². The van der Waals surface area contributed by atoms with Crippen molar-refractivity contribution < 1.29 is 8.42 Å². The average molecular weight is 165 g/mol. The lowest BCUT2D eigenvalue weighted by Gasteiger charge is -1.89. The van der Waals surface area contributed by atoms with Crippen LogP contribution in [0.25, 0.3) is 0 Å². The van der Waals surface area contributed by atoms with Crippen LogP contribution in [0.1, 0.15) is 0 Å². The summed E-state index contributed by atoms with van der Waals surface area (Å²) in [5, 5.41) is 9.16. The third kappa shape index (κ3) is 3.89. The Bertz CT molecular complexity index is 228. The average Bonchev–Trinajstić information content (AvgIpc) is 1.84. The number of nitrogens with one attached hydrogen (secondary N) is 1. The molecule has 0 rings (SSSR count). The maximum absolute atomic E-state index is 10.5. The van der Waals surface area contributed by atoms with Gasteiger partial charge in [0, 0.05) is 0 Å². The van der Waals surface area contributed by atoms with Crippen LogP contribution in [0.4, 0.5) is 0 Å². The minimum absolute atomic E-state index is 1.24. The van der Waals surface area contributed by atoms with E-state index in [9.17, 15) is 8.42 Å². The molecule has 0 radical (unpaired) electrons. The highest BCUT2D eigenvalue weighted by atomic mass is 32.2. The second kappa shape index (κ2) is 3.88. The standard InChI is InChI=1S/C2H7N5O2S/c1-3-5-7-10(8,9)6-4-2/h1-2H3,(H,3,7). The summed E-state index contributed by atoms with van der Waals surface area (Å²) in [5.41, 5.74) is 0. The number of hydrogen-bond donors (Lipinski definition) is 1. The van der Waals surface area contributed by atoms with Gasteiger partial charge in [-0.3, -0.25) is 0 Å². The highest BCUT2D eigenvalue weighted by molar-refractivity contribution is 7.87. The molecule has 0 aliphatic carbocycles. The Morgan fingerprint density at radius 1 is 1.20 bits per heavy atom. The molecule has 0 fully saturated rings. The topological polar surface area (TPSA) is 95.6 Å². The van der Waals surface area contributed by atoms with Crippen LogP contribution in [0.2, 0.25) is 0 Å². The molecule has 0 aliphatic heterocycles. The lowest BCUT2D eigenvalue weighted by atomic mass is 11.6. The van der Waals surface area contributed by atoms with Crippen molar-refractivity contribution in [1.29, 1.82) is 0 Å². The molecule has 1 N–H and O–H groups in total. The van der Waals surface area contributed by atoms with E-state index in [4.69, 9.17) is 0 Å². The van der Waals surface area contributed by atoms with E-state index in [-0.39, 0.29) is 0 Å². The Balaban J connectivity index is 4.16. The molecule has 0 aromatic heterocycles. The van der Waals surface area contributed by atoms with E-state index in [1.165, 1.54) is 14.1 Å². The smallest absolute Gasteiger partial charge is 0.179 e. The first kappa shape index (κ1) is 8.95. The molecule has 0 amide bonds. The molecule has 0 aromatic rings. The summed E-state index contributed by atoms with van der Waals surface area (Å²) in [4.78, 5) is 1.68. The van der Waals surface area contributed by atoms with Crippen LogP contribution in [0.3, 0.4) is 0 Å². The highest BCUT2D eigenvalue weighted by Crippen LogP contribution is 1.85. The van der Waals surface area contributed by atoms with E-state index in [1.54, 1.807) is 4.83 Å². The van der Waals surface area contributed by atoms with Gasteiger partial charge in [0.25, 0.3) is 0 Å². The van der Waals surface area contributed by atoms with Crippen LogP contribution < -0.4 is 4.83 Å². The van der Waals surface area contributed by atoms with E-state index in [0.717, 1.165) is 0 Å². The van der Waals surface area contributed by atoms with Crippen LogP contribution in [0, 0.1) is 0 Å². The predicted molar refractivity (Wildman–Crippen MR) is 33.6 cm³/mol. The third-order valence-electron chi connectivity index (χ3n) is 0.445. The second-order valence-electron chi connectivity index (χ2n) is 1.15. The zero-order valence-corrected chi connectivity index (χ0v) is 6.33. The van der Waals surface area contributed by atoms with Gasteiger partial charge in [-0.2, -0.15) is 23.5 Å². The molecule has 0 saturated heterocycles. The molecule has 8 heteroatoms. The number of hydrogen-bond acceptors (Lipinski definition) is 5. The van der Waals surface area contributed by atoms with Crippen molar-refractivity contribution in [2.75, 3.05) is 14.1 Å². The molecule has 0 heterocycles. The fourth-order valence-electron chi connectivity index (χ4n) is 0.218. The quantitative estimate of drug-likeness (QED) is 0.466. The highest BCUT2D eigenvalue weighted by Gasteiger charge is 2.02. The fourth-order valence-corrected chi connectivity index (χ4v) is 0.654. The van der Waals surface area contributed by atoms with Crippen LogP contribution >= 0.6 is 0 Å². The Morgan fingerprint density at radius 2 is 1.80 bits per heavy atom. The minimum Gasteiger partial charge on any atom is -0.179 e. The molecule has 0 aliphatic rings. The fraction of sp³-hybridized carbons (Fsp3) is 1.00. The molecule has 7 nitrogen and oxygen atoms in total. The van der Waals surface area contributed by atoms with Crippen molar-refractivity contribution in [2.24, 2.45) is 20.0 Å².